The molecular formula is C23H25NO5. The summed E-state index contributed by atoms with van der Waals surface area (Å²) in [7, 11) is 2.98. The van der Waals surface area contributed by atoms with Crippen LogP contribution >= 0.6 is 0 Å². The summed E-state index contributed by atoms with van der Waals surface area (Å²) in [6.07, 6.45) is 3.27. The zero-order chi connectivity index (χ0) is 20.6. The molecule has 1 heterocycles. The first-order valence-electron chi connectivity index (χ1n) is 9.48. The minimum Gasteiger partial charge on any atom is -0.496 e. The van der Waals surface area contributed by atoms with Gasteiger partial charge >= 0.3 is 5.97 Å². The zero-order valence-electron chi connectivity index (χ0n) is 16.7. The molecule has 1 fully saturated rings. The van der Waals surface area contributed by atoms with Gasteiger partial charge in [-0.15, -0.1) is 0 Å². The van der Waals surface area contributed by atoms with Crippen LogP contribution in [0.2, 0.25) is 0 Å². The van der Waals surface area contributed by atoms with Crippen LogP contribution in [0.5, 0.6) is 5.75 Å². The minimum atomic E-state index is -0.386. The van der Waals surface area contributed by atoms with Crippen LogP contribution in [0, 0.1) is 0 Å². The number of morpholine rings is 1. The summed E-state index contributed by atoms with van der Waals surface area (Å²) in [5.41, 5.74) is 2.89. The van der Waals surface area contributed by atoms with E-state index < -0.39 is 0 Å². The average molecular weight is 395 g/mol. The maximum Gasteiger partial charge on any atom is 0.337 e. The van der Waals surface area contributed by atoms with Crippen LogP contribution in [0.15, 0.2) is 48.5 Å². The monoisotopic (exact) mass is 395 g/mol. The van der Waals surface area contributed by atoms with Gasteiger partial charge in [0, 0.05) is 30.8 Å². The number of carbonyl (C=O) groups is 2. The molecular weight excluding hydrogens is 370 g/mol. The lowest BCUT2D eigenvalue weighted by atomic mass is 10.0. The Morgan fingerprint density at radius 3 is 2.38 bits per heavy atom. The highest BCUT2D eigenvalue weighted by Crippen LogP contribution is 2.23. The molecule has 0 bridgehead atoms. The van der Waals surface area contributed by atoms with E-state index in [1.165, 1.54) is 13.2 Å². The fourth-order valence-corrected chi connectivity index (χ4v) is 3.17. The third kappa shape index (κ3) is 5.53. The molecule has 3 rings (SSSR count). The van der Waals surface area contributed by atoms with E-state index in [-0.39, 0.29) is 11.8 Å². The van der Waals surface area contributed by atoms with Crippen molar-refractivity contribution < 1.29 is 23.8 Å². The second-order valence-corrected chi connectivity index (χ2v) is 6.73. The molecule has 0 saturated carbocycles. The Kier molecular flexibility index (Phi) is 7.16. The topological polar surface area (TPSA) is 65.1 Å². The largest absolute Gasteiger partial charge is 0.496 e. The molecule has 1 aliphatic heterocycles. The molecule has 2 aromatic carbocycles. The fraction of sp³-hybridized carbons (Fsp3) is 0.304. The second-order valence-electron chi connectivity index (χ2n) is 6.73. The first kappa shape index (κ1) is 20.8. The van der Waals surface area contributed by atoms with Gasteiger partial charge in [-0.1, -0.05) is 18.2 Å². The van der Waals surface area contributed by atoms with Gasteiger partial charge in [-0.05, 0) is 42.0 Å². The quantitative estimate of drug-likeness (QED) is 0.408. The van der Waals surface area contributed by atoms with E-state index in [0.29, 0.717) is 17.7 Å². The number of ether oxygens (including phenoxy) is 3. The molecule has 2 aromatic rings. The first-order valence-corrected chi connectivity index (χ1v) is 9.48. The van der Waals surface area contributed by atoms with Crippen molar-refractivity contribution in [2.75, 3.05) is 40.5 Å². The number of carbonyl (C=O) groups excluding carboxylic acids is 2. The number of hydrogen-bond donors (Lipinski definition) is 0. The maximum atomic E-state index is 12.6. The fourth-order valence-electron chi connectivity index (χ4n) is 3.17. The normalized spacial score (nSPS) is 14.7. The number of nitrogens with zero attached hydrogens (tertiary/aromatic N) is 1. The lowest BCUT2D eigenvalue weighted by Crippen LogP contribution is -2.35. The van der Waals surface area contributed by atoms with Crippen molar-refractivity contribution in [2.45, 2.75) is 6.54 Å². The Bertz CT molecular complexity index is 883. The number of esters is 1. The summed E-state index contributed by atoms with van der Waals surface area (Å²) in [6, 6.07) is 12.4. The minimum absolute atomic E-state index is 0.0899. The molecule has 1 saturated heterocycles. The summed E-state index contributed by atoms with van der Waals surface area (Å²) in [5.74, 6) is 0.297. The van der Waals surface area contributed by atoms with Gasteiger partial charge in [-0.3, -0.25) is 9.69 Å². The highest BCUT2D eigenvalue weighted by molar-refractivity contribution is 6.07. The third-order valence-electron chi connectivity index (χ3n) is 4.82. The van der Waals surface area contributed by atoms with Crippen molar-refractivity contribution in [3.05, 3.63) is 70.8 Å². The molecule has 1 aliphatic rings. The van der Waals surface area contributed by atoms with Gasteiger partial charge in [-0.2, -0.15) is 0 Å². The molecule has 0 aliphatic carbocycles. The highest BCUT2D eigenvalue weighted by Gasteiger charge is 2.15. The molecule has 0 unspecified atom stereocenters. The van der Waals surface area contributed by atoms with Crippen molar-refractivity contribution in [2.24, 2.45) is 0 Å². The lowest BCUT2D eigenvalue weighted by molar-refractivity contribution is 0.0338. The van der Waals surface area contributed by atoms with Crippen LogP contribution in [-0.4, -0.2) is 57.2 Å². The van der Waals surface area contributed by atoms with E-state index in [1.54, 1.807) is 43.5 Å². The molecule has 152 valence electrons. The Labute approximate surface area is 170 Å². The van der Waals surface area contributed by atoms with E-state index in [9.17, 15) is 9.59 Å². The van der Waals surface area contributed by atoms with Crippen molar-refractivity contribution in [1.82, 2.24) is 4.90 Å². The molecule has 0 N–H and O–H groups in total. The van der Waals surface area contributed by atoms with Crippen molar-refractivity contribution >= 4 is 17.8 Å². The molecule has 0 spiro atoms. The lowest BCUT2D eigenvalue weighted by Gasteiger charge is -2.27. The van der Waals surface area contributed by atoms with E-state index in [4.69, 9.17) is 9.47 Å². The van der Waals surface area contributed by atoms with Gasteiger partial charge in [0.2, 0.25) is 0 Å². The van der Waals surface area contributed by atoms with Crippen LogP contribution in [0.1, 0.15) is 31.8 Å². The smallest absolute Gasteiger partial charge is 0.337 e. The number of allylic oxidation sites excluding steroid dienone is 1. The van der Waals surface area contributed by atoms with Crippen LogP contribution in [-0.2, 0) is 16.0 Å². The summed E-state index contributed by atoms with van der Waals surface area (Å²) in [5, 5.41) is 0. The predicted molar refractivity (Wildman–Crippen MR) is 110 cm³/mol. The number of benzene rings is 2. The van der Waals surface area contributed by atoms with Crippen LogP contribution in [0.25, 0.3) is 6.08 Å². The van der Waals surface area contributed by atoms with E-state index in [2.05, 4.69) is 9.64 Å². The first-order chi connectivity index (χ1) is 14.1. The van der Waals surface area contributed by atoms with Gasteiger partial charge in [0.05, 0.1) is 33.0 Å². The zero-order valence-corrected chi connectivity index (χ0v) is 16.7. The van der Waals surface area contributed by atoms with E-state index in [0.717, 1.165) is 43.2 Å². The van der Waals surface area contributed by atoms with Crippen molar-refractivity contribution in [3.63, 3.8) is 0 Å². The number of rotatable bonds is 7. The van der Waals surface area contributed by atoms with E-state index >= 15 is 0 Å². The Hall–Kier alpha value is -2.96. The summed E-state index contributed by atoms with van der Waals surface area (Å²) in [6.45, 7) is 3.88. The Morgan fingerprint density at radius 1 is 1.03 bits per heavy atom. The standard InChI is InChI=1S/C23H25NO5/c1-27-22-10-8-19(15-20(22)16-24-11-13-29-14-12-24)21(25)9-5-17-3-6-18(7-4-17)23(26)28-2/h3-10,15H,11-14,16H2,1-2H3/b9-5+. The van der Waals surface area contributed by atoms with Gasteiger partial charge in [0.1, 0.15) is 5.75 Å². The molecule has 0 aromatic heterocycles. The number of ketones is 1. The summed E-state index contributed by atoms with van der Waals surface area (Å²) < 4.78 is 15.5. The van der Waals surface area contributed by atoms with Gasteiger partial charge in [-0.25, -0.2) is 4.79 Å². The second kappa shape index (κ2) is 10.0. The molecule has 0 radical (unpaired) electrons. The molecule has 0 atom stereocenters. The Balaban J connectivity index is 1.71. The Morgan fingerprint density at radius 2 is 1.72 bits per heavy atom. The molecule has 6 nitrogen and oxygen atoms in total. The van der Waals surface area contributed by atoms with Crippen LogP contribution < -0.4 is 4.74 Å². The maximum absolute atomic E-state index is 12.6. The van der Waals surface area contributed by atoms with Crippen molar-refractivity contribution in [3.8, 4) is 5.75 Å². The van der Waals surface area contributed by atoms with Gasteiger partial charge < -0.3 is 14.2 Å². The van der Waals surface area contributed by atoms with E-state index in [1.807, 2.05) is 12.1 Å². The van der Waals surface area contributed by atoms with Gasteiger partial charge in [0.15, 0.2) is 5.78 Å². The predicted octanol–water partition coefficient (Wildman–Crippen LogP) is 3.21. The molecule has 29 heavy (non-hydrogen) atoms. The van der Waals surface area contributed by atoms with Crippen LogP contribution in [0.3, 0.4) is 0 Å². The SMILES string of the molecule is COC(=O)c1ccc(/C=C/C(=O)c2ccc(OC)c(CN3CCOCC3)c2)cc1. The van der Waals surface area contributed by atoms with Crippen molar-refractivity contribution in [1.29, 1.82) is 0 Å². The van der Waals surface area contributed by atoms with Crippen LogP contribution in [0.4, 0.5) is 0 Å². The summed E-state index contributed by atoms with van der Waals surface area (Å²) in [4.78, 5) is 26.4. The molecule has 6 heteroatoms. The third-order valence-corrected chi connectivity index (χ3v) is 4.82. The number of hydrogen-bond acceptors (Lipinski definition) is 6. The molecule has 0 amide bonds. The highest BCUT2D eigenvalue weighted by atomic mass is 16.5. The average Bonchev–Trinajstić information content (AvgIpc) is 2.78. The number of methoxy groups -OCH3 is 2. The van der Waals surface area contributed by atoms with Gasteiger partial charge in [0.25, 0.3) is 0 Å². The summed E-state index contributed by atoms with van der Waals surface area (Å²) >= 11 is 0.